The van der Waals surface area contributed by atoms with Gasteiger partial charge in [-0.2, -0.15) is 0 Å². The number of aliphatic hydroxyl groups is 1. The van der Waals surface area contributed by atoms with E-state index in [1.54, 1.807) is 24.4 Å². The van der Waals surface area contributed by atoms with Crippen LogP contribution in [-0.2, 0) is 4.79 Å². The number of benzene rings is 1. The van der Waals surface area contributed by atoms with Gasteiger partial charge in [-0.05, 0) is 23.6 Å². The molecule has 3 rings (SSSR count). The van der Waals surface area contributed by atoms with E-state index in [0.29, 0.717) is 5.56 Å². The second-order valence-corrected chi connectivity index (χ2v) is 4.98. The van der Waals surface area contributed by atoms with Gasteiger partial charge in [-0.25, -0.2) is 4.79 Å². The smallest absolute Gasteiger partial charge is 0.326 e. The minimum Gasteiger partial charge on any atom is -0.480 e. The van der Waals surface area contributed by atoms with Gasteiger partial charge in [0, 0.05) is 30.2 Å². The Labute approximate surface area is 114 Å². The summed E-state index contributed by atoms with van der Waals surface area (Å²) in [6.07, 6.45) is 1.07. The average Bonchev–Trinajstić information content (AvgIpc) is 3.02. The van der Waals surface area contributed by atoms with E-state index in [1.807, 2.05) is 6.07 Å². The number of aromatic amines is 1. The lowest BCUT2D eigenvalue weighted by atomic mass is 10.1. The van der Waals surface area contributed by atoms with Crippen molar-refractivity contribution in [2.24, 2.45) is 0 Å². The number of aliphatic hydroxyl groups excluding tert-OH is 1. The van der Waals surface area contributed by atoms with Crippen LogP contribution in [0.2, 0.25) is 0 Å². The van der Waals surface area contributed by atoms with Crippen LogP contribution in [-0.4, -0.2) is 50.7 Å². The number of nitrogens with one attached hydrogen (secondary N) is 1. The van der Waals surface area contributed by atoms with Crippen LogP contribution in [0.3, 0.4) is 0 Å². The molecule has 1 aromatic heterocycles. The molecule has 0 saturated carbocycles. The van der Waals surface area contributed by atoms with E-state index in [0.717, 1.165) is 10.9 Å². The van der Waals surface area contributed by atoms with E-state index >= 15 is 0 Å². The highest BCUT2D eigenvalue weighted by molar-refractivity contribution is 5.99. The van der Waals surface area contributed by atoms with Crippen LogP contribution in [0.15, 0.2) is 30.5 Å². The molecule has 6 nitrogen and oxygen atoms in total. The highest BCUT2D eigenvalue weighted by atomic mass is 16.4. The summed E-state index contributed by atoms with van der Waals surface area (Å²) in [6, 6.07) is 6.10. The molecule has 1 fully saturated rings. The van der Waals surface area contributed by atoms with Crippen molar-refractivity contribution in [1.82, 2.24) is 9.88 Å². The fraction of sp³-hybridized carbons (Fsp3) is 0.286. The first-order chi connectivity index (χ1) is 9.56. The van der Waals surface area contributed by atoms with Crippen molar-refractivity contribution in [2.75, 3.05) is 6.54 Å². The summed E-state index contributed by atoms with van der Waals surface area (Å²) in [7, 11) is 0. The number of amides is 1. The number of H-pyrrole nitrogens is 1. The number of β-amino-alcohol motifs (C(OH)–C–C–N with tert-alkyl or cyclic N) is 1. The normalized spacial score (nSPS) is 22.4. The third-order valence-electron chi connectivity index (χ3n) is 3.63. The van der Waals surface area contributed by atoms with E-state index in [-0.39, 0.29) is 18.9 Å². The Bertz CT molecular complexity index is 679. The number of rotatable bonds is 2. The fourth-order valence-electron chi connectivity index (χ4n) is 2.62. The van der Waals surface area contributed by atoms with Crippen molar-refractivity contribution < 1.29 is 19.8 Å². The number of hydrogen-bond donors (Lipinski definition) is 3. The van der Waals surface area contributed by atoms with Crippen molar-refractivity contribution in [3.8, 4) is 0 Å². The molecule has 2 atom stereocenters. The summed E-state index contributed by atoms with van der Waals surface area (Å²) < 4.78 is 0. The maximum atomic E-state index is 12.4. The van der Waals surface area contributed by atoms with Gasteiger partial charge < -0.3 is 20.1 Å². The first-order valence-electron chi connectivity index (χ1n) is 6.35. The SMILES string of the molecule is O=C(O)[C@@H]1CC(O)CN1C(=O)c1ccc2cc[nH]c2c1. The van der Waals surface area contributed by atoms with Crippen LogP contribution in [0.5, 0.6) is 0 Å². The minimum absolute atomic E-state index is 0.0541. The molecule has 1 aliphatic heterocycles. The molecule has 3 N–H and O–H groups in total. The predicted molar refractivity (Wildman–Crippen MR) is 71.4 cm³/mol. The molecule has 1 aliphatic rings. The van der Waals surface area contributed by atoms with Crippen LogP contribution < -0.4 is 0 Å². The molecule has 104 valence electrons. The topological polar surface area (TPSA) is 93.6 Å². The molecule has 6 heteroatoms. The zero-order chi connectivity index (χ0) is 14.3. The summed E-state index contributed by atoms with van der Waals surface area (Å²) in [5.41, 5.74) is 1.24. The van der Waals surface area contributed by atoms with Crippen LogP contribution in [0.1, 0.15) is 16.8 Å². The van der Waals surface area contributed by atoms with Gasteiger partial charge in [0.2, 0.25) is 0 Å². The summed E-state index contributed by atoms with van der Waals surface area (Å²) in [5, 5.41) is 19.7. The third-order valence-corrected chi connectivity index (χ3v) is 3.63. The number of carbonyl (C=O) groups excluding carboxylic acids is 1. The van der Waals surface area contributed by atoms with Gasteiger partial charge in [0.25, 0.3) is 5.91 Å². The Kier molecular flexibility index (Phi) is 2.94. The van der Waals surface area contributed by atoms with Crippen LogP contribution in [0.4, 0.5) is 0 Å². The highest BCUT2D eigenvalue weighted by Crippen LogP contribution is 2.22. The molecule has 1 unspecified atom stereocenters. The van der Waals surface area contributed by atoms with Crippen molar-refractivity contribution in [1.29, 1.82) is 0 Å². The molecule has 2 aromatic rings. The van der Waals surface area contributed by atoms with Crippen molar-refractivity contribution in [3.05, 3.63) is 36.0 Å². The molecule has 1 aromatic carbocycles. The van der Waals surface area contributed by atoms with Crippen LogP contribution >= 0.6 is 0 Å². The van der Waals surface area contributed by atoms with Gasteiger partial charge in [0.15, 0.2) is 0 Å². The summed E-state index contributed by atoms with van der Waals surface area (Å²) >= 11 is 0. The predicted octanol–water partition coefficient (Wildman–Crippen LogP) is 0.828. The van der Waals surface area contributed by atoms with Crippen LogP contribution in [0, 0.1) is 0 Å². The van der Waals surface area contributed by atoms with E-state index in [9.17, 15) is 14.7 Å². The molecule has 0 spiro atoms. The first-order valence-corrected chi connectivity index (χ1v) is 6.35. The second-order valence-electron chi connectivity index (χ2n) is 4.98. The van der Waals surface area contributed by atoms with Crippen molar-refractivity contribution in [3.63, 3.8) is 0 Å². The number of carbonyl (C=O) groups is 2. The maximum Gasteiger partial charge on any atom is 0.326 e. The number of fused-ring (bicyclic) bond motifs is 1. The first kappa shape index (κ1) is 12.7. The highest BCUT2D eigenvalue weighted by Gasteiger charge is 2.39. The van der Waals surface area contributed by atoms with Crippen LogP contribution in [0.25, 0.3) is 10.9 Å². The minimum atomic E-state index is -1.09. The second kappa shape index (κ2) is 4.64. The monoisotopic (exact) mass is 274 g/mol. The van der Waals surface area contributed by atoms with Gasteiger partial charge in [-0.1, -0.05) is 6.07 Å². The number of likely N-dealkylation sites (tertiary alicyclic amines) is 1. The fourth-order valence-corrected chi connectivity index (χ4v) is 2.62. The van der Waals surface area contributed by atoms with E-state index in [2.05, 4.69) is 4.98 Å². The maximum absolute atomic E-state index is 12.4. The molecule has 0 aliphatic carbocycles. The third kappa shape index (κ3) is 2.04. The number of aliphatic carboxylic acids is 1. The molecular weight excluding hydrogens is 260 g/mol. The molecule has 0 bridgehead atoms. The lowest BCUT2D eigenvalue weighted by Crippen LogP contribution is -2.40. The largest absolute Gasteiger partial charge is 0.480 e. The molecule has 0 radical (unpaired) electrons. The van der Waals surface area contributed by atoms with Gasteiger partial charge in [-0.3, -0.25) is 4.79 Å². The molecular formula is C14H14N2O4. The molecule has 20 heavy (non-hydrogen) atoms. The Morgan fingerprint density at radius 1 is 1.30 bits per heavy atom. The average molecular weight is 274 g/mol. The standard InChI is InChI=1S/C14H14N2O4/c17-10-6-12(14(19)20)16(7-10)13(18)9-2-1-8-3-4-15-11(8)5-9/h1-5,10,12,15,17H,6-7H2,(H,19,20)/t10?,12-/m0/s1. The molecule has 1 amide bonds. The van der Waals surface area contributed by atoms with Gasteiger partial charge in [0.05, 0.1) is 6.10 Å². The zero-order valence-electron chi connectivity index (χ0n) is 10.6. The number of carboxylic acid groups (broad SMARTS) is 1. The van der Waals surface area contributed by atoms with Crippen molar-refractivity contribution in [2.45, 2.75) is 18.6 Å². The number of nitrogens with zero attached hydrogens (tertiary/aromatic N) is 1. The number of carboxylic acids is 1. The van der Waals surface area contributed by atoms with Gasteiger partial charge in [-0.15, -0.1) is 0 Å². The lowest BCUT2D eigenvalue weighted by molar-refractivity contribution is -0.141. The quantitative estimate of drug-likeness (QED) is 0.756. The van der Waals surface area contributed by atoms with Gasteiger partial charge in [0.1, 0.15) is 6.04 Å². The molecule has 2 heterocycles. The Hall–Kier alpha value is -2.34. The summed E-state index contributed by atoms with van der Waals surface area (Å²) in [6.45, 7) is 0.0541. The summed E-state index contributed by atoms with van der Waals surface area (Å²) in [4.78, 5) is 27.8. The van der Waals surface area contributed by atoms with E-state index in [4.69, 9.17) is 5.11 Å². The van der Waals surface area contributed by atoms with E-state index < -0.39 is 18.1 Å². The Morgan fingerprint density at radius 3 is 2.85 bits per heavy atom. The number of hydrogen-bond acceptors (Lipinski definition) is 3. The van der Waals surface area contributed by atoms with Gasteiger partial charge >= 0.3 is 5.97 Å². The zero-order valence-corrected chi connectivity index (χ0v) is 10.6. The Balaban J connectivity index is 1.92. The lowest BCUT2D eigenvalue weighted by Gasteiger charge is -2.21. The van der Waals surface area contributed by atoms with Crippen molar-refractivity contribution >= 4 is 22.8 Å². The summed E-state index contributed by atoms with van der Waals surface area (Å²) in [5.74, 6) is -1.46. The number of aromatic nitrogens is 1. The Morgan fingerprint density at radius 2 is 2.10 bits per heavy atom. The molecule has 1 saturated heterocycles. The van der Waals surface area contributed by atoms with E-state index in [1.165, 1.54) is 4.90 Å².